The summed E-state index contributed by atoms with van der Waals surface area (Å²) >= 11 is 0. The molecule has 0 spiro atoms. The van der Waals surface area contributed by atoms with Gasteiger partial charge in [-0.2, -0.15) is 0 Å². The van der Waals surface area contributed by atoms with Gasteiger partial charge in [0.15, 0.2) is 0 Å². The third kappa shape index (κ3) is 2.42. The standard InChI is InChI=1S/C13H15NO4/c1-9(2)17-7-8-18-14-12(15)10-5-3-4-6-11(10)13(14)16/h3-6,9H,7-8H2,1-2H3. The smallest absolute Gasteiger partial charge is 0.285 e. The van der Waals surface area contributed by atoms with E-state index in [-0.39, 0.29) is 12.7 Å². The molecule has 96 valence electrons. The van der Waals surface area contributed by atoms with Gasteiger partial charge in [0.25, 0.3) is 11.8 Å². The summed E-state index contributed by atoms with van der Waals surface area (Å²) in [5.41, 5.74) is 0.763. The third-order valence-electron chi connectivity index (χ3n) is 2.51. The minimum absolute atomic E-state index is 0.0933. The van der Waals surface area contributed by atoms with Crippen LogP contribution in [0.1, 0.15) is 34.6 Å². The molecule has 1 heterocycles. The maximum absolute atomic E-state index is 11.9. The molecule has 2 amide bonds. The summed E-state index contributed by atoms with van der Waals surface area (Å²) in [5, 5.41) is 0.800. The molecule has 1 aromatic rings. The lowest BCUT2D eigenvalue weighted by atomic mass is 10.1. The lowest BCUT2D eigenvalue weighted by Crippen LogP contribution is -2.31. The highest BCUT2D eigenvalue weighted by atomic mass is 16.7. The normalized spacial score (nSPS) is 14.5. The van der Waals surface area contributed by atoms with Crippen molar-refractivity contribution in [3.05, 3.63) is 35.4 Å². The molecular formula is C13H15NO4. The fourth-order valence-electron chi connectivity index (χ4n) is 1.70. The van der Waals surface area contributed by atoms with Crippen LogP contribution in [0.5, 0.6) is 0 Å². The molecule has 5 heteroatoms. The predicted octanol–water partition coefficient (Wildman–Crippen LogP) is 1.64. The Kier molecular flexibility index (Phi) is 3.74. The Morgan fingerprint density at radius 3 is 2.11 bits per heavy atom. The average molecular weight is 249 g/mol. The van der Waals surface area contributed by atoms with E-state index in [1.165, 1.54) is 0 Å². The van der Waals surface area contributed by atoms with Gasteiger partial charge in [-0.05, 0) is 26.0 Å². The predicted molar refractivity (Wildman–Crippen MR) is 64.0 cm³/mol. The van der Waals surface area contributed by atoms with Crippen molar-refractivity contribution in [3.63, 3.8) is 0 Å². The molecule has 0 aromatic heterocycles. The van der Waals surface area contributed by atoms with Crippen molar-refractivity contribution in [2.75, 3.05) is 13.2 Å². The highest BCUT2D eigenvalue weighted by molar-refractivity contribution is 6.20. The van der Waals surface area contributed by atoms with E-state index < -0.39 is 11.8 Å². The second kappa shape index (κ2) is 5.29. The number of carbonyl (C=O) groups is 2. The van der Waals surface area contributed by atoms with Crippen LogP contribution in [0.3, 0.4) is 0 Å². The van der Waals surface area contributed by atoms with Crippen molar-refractivity contribution >= 4 is 11.8 Å². The van der Waals surface area contributed by atoms with Crippen LogP contribution in [-0.2, 0) is 9.57 Å². The van der Waals surface area contributed by atoms with E-state index in [0.29, 0.717) is 17.7 Å². The zero-order chi connectivity index (χ0) is 13.1. The Morgan fingerprint density at radius 1 is 1.06 bits per heavy atom. The summed E-state index contributed by atoms with van der Waals surface area (Å²) in [6, 6.07) is 6.66. The van der Waals surface area contributed by atoms with Crippen LogP contribution in [0.15, 0.2) is 24.3 Å². The molecular weight excluding hydrogens is 234 g/mol. The van der Waals surface area contributed by atoms with Gasteiger partial charge >= 0.3 is 0 Å². The van der Waals surface area contributed by atoms with Gasteiger partial charge in [0.2, 0.25) is 0 Å². The van der Waals surface area contributed by atoms with E-state index >= 15 is 0 Å². The Labute approximate surface area is 105 Å². The molecule has 2 rings (SSSR count). The summed E-state index contributed by atoms with van der Waals surface area (Å²) in [4.78, 5) is 28.9. The highest BCUT2D eigenvalue weighted by Crippen LogP contribution is 2.22. The number of fused-ring (bicyclic) bond motifs is 1. The fourth-order valence-corrected chi connectivity index (χ4v) is 1.70. The van der Waals surface area contributed by atoms with Crippen molar-refractivity contribution < 1.29 is 19.2 Å². The van der Waals surface area contributed by atoms with Crippen LogP contribution < -0.4 is 0 Å². The maximum atomic E-state index is 11.9. The van der Waals surface area contributed by atoms with Crippen molar-refractivity contribution in [2.24, 2.45) is 0 Å². The quantitative estimate of drug-likeness (QED) is 0.588. The largest absolute Gasteiger partial charge is 0.376 e. The van der Waals surface area contributed by atoms with Gasteiger partial charge in [-0.3, -0.25) is 14.4 Å². The monoisotopic (exact) mass is 249 g/mol. The summed E-state index contributed by atoms with van der Waals surface area (Å²) in [7, 11) is 0. The second-order valence-electron chi connectivity index (χ2n) is 4.20. The van der Waals surface area contributed by atoms with Crippen LogP contribution in [-0.4, -0.2) is 36.2 Å². The van der Waals surface area contributed by atoms with E-state index in [0.717, 1.165) is 5.06 Å². The van der Waals surface area contributed by atoms with Gasteiger partial charge in [-0.25, -0.2) is 0 Å². The Morgan fingerprint density at radius 2 is 1.61 bits per heavy atom. The maximum Gasteiger partial charge on any atom is 0.285 e. The van der Waals surface area contributed by atoms with Crippen LogP contribution >= 0.6 is 0 Å². The number of imide groups is 1. The first-order chi connectivity index (χ1) is 8.61. The third-order valence-corrected chi connectivity index (χ3v) is 2.51. The number of benzene rings is 1. The number of hydrogen-bond acceptors (Lipinski definition) is 4. The van der Waals surface area contributed by atoms with Crippen molar-refractivity contribution in [2.45, 2.75) is 20.0 Å². The summed E-state index contributed by atoms with van der Waals surface area (Å²) in [6.45, 7) is 4.32. The summed E-state index contributed by atoms with van der Waals surface area (Å²) < 4.78 is 5.27. The van der Waals surface area contributed by atoms with Gasteiger partial charge in [0.1, 0.15) is 0 Å². The van der Waals surface area contributed by atoms with Gasteiger partial charge < -0.3 is 4.74 Å². The number of rotatable bonds is 5. The Bertz CT molecular complexity index is 435. The number of carbonyl (C=O) groups excluding carboxylic acids is 2. The molecule has 1 aliphatic heterocycles. The molecule has 0 radical (unpaired) electrons. The Hall–Kier alpha value is -1.72. The lowest BCUT2D eigenvalue weighted by molar-refractivity contribution is -0.110. The van der Waals surface area contributed by atoms with Crippen molar-refractivity contribution in [1.29, 1.82) is 0 Å². The first kappa shape index (κ1) is 12.7. The van der Waals surface area contributed by atoms with Crippen LogP contribution in [0.2, 0.25) is 0 Å². The van der Waals surface area contributed by atoms with E-state index in [2.05, 4.69) is 0 Å². The van der Waals surface area contributed by atoms with Crippen LogP contribution in [0, 0.1) is 0 Å². The number of hydroxylamine groups is 2. The molecule has 1 aromatic carbocycles. The first-order valence-electron chi connectivity index (χ1n) is 5.83. The molecule has 18 heavy (non-hydrogen) atoms. The zero-order valence-electron chi connectivity index (χ0n) is 10.4. The molecule has 0 N–H and O–H groups in total. The number of hydrogen-bond donors (Lipinski definition) is 0. The molecule has 0 saturated carbocycles. The molecule has 0 fully saturated rings. The van der Waals surface area contributed by atoms with E-state index in [1.54, 1.807) is 24.3 Å². The number of ether oxygens (including phenoxy) is 1. The molecule has 0 atom stereocenters. The van der Waals surface area contributed by atoms with Gasteiger partial charge in [0.05, 0.1) is 30.4 Å². The highest BCUT2D eigenvalue weighted by Gasteiger charge is 2.36. The minimum atomic E-state index is -0.417. The van der Waals surface area contributed by atoms with Crippen molar-refractivity contribution in [3.8, 4) is 0 Å². The van der Waals surface area contributed by atoms with E-state index in [4.69, 9.17) is 9.57 Å². The van der Waals surface area contributed by atoms with Crippen molar-refractivity contribution in [1.82, 2.24) is 5.06 Å². The second-order valence-corrected chi connectivity index (χ2v) is 4.20. The van der Waals surface area contributed by atoms with E-state index in [1.807, 2.05) is 13.8 Å². The molecule has 0 unspecified atom stereocenters. The fraction of sp³-hybridized carbons (Fsp3) is 0.385. The average Bonchev–Trinajstić information content (AvgIpc) is 2.59. The molecule has 0 bridgehead atoms. The molecule has 5 nitrogen and oxygen atoms in total. The number of amides is 2. The summed E-state index contributed by atoms with van der Waals surface area (Å²) in [6.07, 6.45) is 0.0933. The van der Waals surface area contributed by atoms with Gasteiger partial charge in [-0.15, -0.1) is 5.06 Å². The molecule has 1 aliphatic rings. The molecule has 0 saturated heterocycles. The van der Waals surface area contributed by atoms with Crippen LogP contribution in [0.25, 0.3) is 0 Å². The molecule has 0 aliphatic carbocycles. The lowest BCUT2D eigenvalue weighted by Gasteiger charge is -2.14. The zero-order valence-corrected chi connectivity index (χ0v) is 10.4. The van der Waals surface area contributed by atoms with Gasteiger partial charge in [0, 0.05) is 0 Å². The first-order valence-corrected chi connectivity index (χ1v) is 5.83. The van der Waals surface area contributed by atoms with Gasteiger partial charge in [-0.1, -0.05) is 12.1 Å². The summed E-state index contributed by atoms with van der Waals surface area (Å²) in [5.74, 6) is -0.833. The van der Waals surface area contributed by atoms with E-state index in [9.17, 15) is 9.59 Å². The van der Waals surface area contributed by atoms with Crippen LogP contribution in [0.4, 0.5) is 0 Å². The Balaban J connectivity index is 1.97. The SMILES string of the molecule is CC(C)OCCON1C(=O)c2ccccc2C1=O. The topological polar surface area (TPSA) is 55.8 Å². The number of nitrogens with zero attached hydrogens (tertiary/aromatic N) is 1. The minimum Gasteiger partial charge on any atom is -0.376 e.